The minimum atomic E-state index is -0.864. The molecule has 0 aliphatic rings. The molecule has 1 aromatic heterocycles. The lowest BCUT2D eigenvalue weighted by molar-refractivity contribution is -0.136. The third-order valence-corrected chi connectivity index (χ3v) is 3.60. The number of unbranched alkanes of at least 4 members (excludes halogenated alkanes) is 2. The van der Waals surface area contributed by atoms with Crippen LogP contribution in [0.1, 0.15) is 38.2 Å². The Morgan fingerprint density at radius 1 is 1.35 bits per heavy atom. The Hall–Kier alpha value is -2.34. The Labute approximate surface area is 134 Å². The fourth-order valence-corrected chi connectivity index (χ4v) is 2.39. The number of carbonyl (C=O) groups excluding carboxylic acids is 1. The van der Waals surface area contributed by atoms with Crippen molar-refractivity contribution in [3.8, 4) is 5.75 Å². The maximum Gasteiger partial charge on any atom is 0.339 e. The Kier molecular flexibility index (Phi) is 5.76. The highest BCUT2D eigenvalue weighted by Crippen LogP contribution is 2.26. The first kappa shape index (κ1) is 17.0. The molecule has 1 atom stereocenters. The van der Waals surface area contributed by atoms with E-state index in [-0.39, 0.29) is 5.75 Å². The first-order valence-corrected chi connectivity index (χ1v) is 7.70. The van der Waals surface area contributed by atoms with Crippen LogP contribution in [0, 0.1) is 6.92 Å². The number of fused-ring (bicyclic) bond motifs is 1. The van der Waals surface area contributed by atoms with E-state index in [4.69, 9.17) is 14.4 Å². The van der Waals surface area contributed by atoms with Gasteiger partial charge >= 0.3 is 5.63 Å². The highest BCUT2D eigenvalue weighted by atomic mass is 16.5. The van der Waals surface area contributed by atoms with Crippen molar-refractivity contribution >= 4 is 16.9 Å². The Balaban J connectivity index is 2.34. The first-order valence-electron chi connectivity index (χ1n) is 7.70. The minimum Gasteiger partial charge on any atom is -0.479 e. The van der Waals surface area contributed by atoms with Gasteiger partial charge in [-0.2, -0.15) is 0 Å². The van der Waals surface area contributed by atoms with Crippen LogP contribution in [0.3, 0.4) is 0 Å². The summed E-state index contributed by atoms with van der Waals surface area (Å²) < 4.78 is 10.9. The number of amides is 1. The molecule has 0 saturated heterocycles. The van der Waals surface area contributed by atoms with E-state index in [0.717, 1.165) is 24.8 Å². The summed E-state index contributed by atoms with van der Waals surface area (Å²) in [6.07, 6.45) is 2.33. The van der Waals surface area contributed by atoms with Gasteiger partial charge in [-0.15, -0.1) is 0 Å². The zero-order valence-electron chi connectivity index (χ0n) is 13.3. The predicted octanol–water partition coefficient (Wildman–Crippen LogP) is 2.93. The van der Waals surface area contributed by atoms with Crippen molar-refractivity contribution in [1.29, 1.82) is 0 Å². The van der Waals surface area contributed by atoms with Crippen LogP contribution in [0.15, 0.2) is 33.5 Å². The molecule has 0 fully saturated rings. The van der Waals surface area contributed by atoms with Crippen molar-refractivity contribution in [1.82, 2.24) is 5.48 Å². The summed E-state index contributed by atoms with van der Waals surface area (Å²) in [5, 5.41) is 9.51. The second-order valence-corrected chi connectivity index (χ2v) is 5.51. The van der Waals surface area contributed by atoms with Crippen LogP contribution in [0.2, 0.25) is 0 Å². The van der Waals surface area contributed by atoms with E-state index < -0.39 is 17.6 Å². The molecule has 1 amide bonds. The first-order chi connectivity index (χ1) is 11.0. The van der Waals surface area contributed by atoms with Crippen molar-refractivity contribution in [3.05, 3.63) is 40.2 Å². The summed E-state index contributed by atoms with van der Waals surface area (Å²) in [6.45, 7) is 3.97. The largest absolute Gasteiger partial charge is 0.479 e. The monoisotopic (exact) mass is 319 g/mol. The predicted molar refractivity (Wildman–Crippen MR) is 85.7 cm³/mol. The summed E-state index contributed by atoms with van der Waals surface area (Å²) in [5.41, 5.74) is 2.45. The summed E-state index contributed by atoms with van der Waals surface area (Å²) in [5.74, 6) is -0.347. The molecule has 0 spiro atoms. The zero-order chi connectivity index (χ0) is 16.8. The second kappa shape index (κ2) is 7.78. The lowest BCUT2D eigenvalue weighted by Crippen LogP contribution is -2.36. The van der Waals surface area contributed by atoms with Gasteiger partial charge in [-0.25, -0.2) is 10.3 Å². The van der Waals surface area contributed by atoms with Gasteiger partial charge in [0.2, 0.25) is 0 Å². The molecule has 2 N–H and O–H groups in total. The summed E-state index contributed by atoms with van der Waals surface area (Å²) in [4.78, 5) is 23.5. The summed E-state index contributed by atoms with van der Waals surface area (Å²) in [7, 11) is 0. The number of carbonyl (C=O) groups is 1. The van der Waals surface area contributed by atoms with E-state index >= 15 is 0 Å². The van der Waals surface area contributed by atoms with Crippen LogP contribution in [-0.2, 0) is 4.79 Å². The van der Waals surface area contributed by atoms with Gasteiger partial charge in [0.15, 0.2) is 6.10 Å². The van der Waals surface area contributed by atoms with E-state index in [1.165, 1.54) is 6.07 Å². The van der Waals surface area contributed by atoms with Gasteiger partial charge in [0.25, 0.3) is 5.91 Å². The Morgan fingerprint density at radius 3 is 2.83 bits per heavy atom. The van der Waals surface area contributed by atoms with Crippen LogP contribution < -0.4 is 15.8 Å². The zero-order valence-corrected chi connectivity index (χ0v) is 13.3. The summed E-state index contributed by atoms with van der Waals surface area (Å²) >= 11 is 0. The number of rotatable bonds is 7. The van der Waals surface area contributed by atoms with Crippen molar-refractivity contribution < 1.29 is 19.2 Å². The number of nitrogens with one attached hydrogen (secondary N) is 1. The molecule has 0 aliphatic heterocycles. The molecule has 124 valence electrons. The number of benzene rings is 1. The fraction of sp³-hybridized carbons (Fsp3) is 0.412. The molecule has 0 aliphatic carbocycles. The molecule has 0 bridgehead atoms. The van der Waals surface area contributed by atoms with Gasteiger partial charge in [-0.05, 0) is 31.9 Å². The molecule has 1 heterocycles. The van der Waals surface area contributed by atoms with E-state index in [1.54, 1.807) is 11.5 Å². The SMILES string of the molecule is CCCCCC(Oc1cc(=O)oc2ccc(C)cc12)C(=O)NO. The minimum absolute atomic E-state index is 0.282. The van der Waals surface area contributed by atoms with Crippen LogP contribution in [0.5, 0.6) is 5.75 Å². The van der Waals surface area contributed by atoms with Crippen molar-refractivity contribution in [2.75, 3.05) is 0 Å². The summed E-state index contributed by atoms with van der Waals surface area (Å²) in [6, 6.07) is 6.57. The van der Waals surface area contributed by atoms with Crippen LogP contribution in [0.4, 0.5) is 0 Å². The fourth-order valence-electron chi connectivity index (χ4n) is 2.39. The topological polar surface area (TPSA) is 88.8 Å². The average Bonchev–Trinajstić information content (AvgIpc) is 2.53. The molecule has 6 heteroatoms. The number of ether oxygens (including phenoxy) is 1. The quantitative estimate of drug-likeness (QED) is 0.354. The third-order valence-electron chi connectivity index (χ3n) is 3.60. The highest BCUT2D eigenvalue weighted by Gasteiger charge is 2.21. The molecule has 1 aromatic carbocycles. The number of hydrogen-bond acceptors (Lipinski definition) is 5. The van der Waals surface area contributed by atoms with Crippen LogP contribution in [0.25, 0.3) is 11.0 Å². The molecule has 6 nitrogen and oxygen atoms in total. The molecule has 1 unspecified atom stereocenters. The highest BCUT2D eigenvalue weighted by molar-refractivity contribution is 5.85. The third kappa shape index (κ3) is 4.32. The smallest absolute Gasteiger partial charge is 0.339 e. The molecule has 0 saturated carbocycles. The van der Waals surface area contributed by atoms with Gasteiger partial charge < -0.3 is 9.15 Å². The van der Waals surface area contributed by atoms with Crippen molar-refractivity contribution in [3.63, 3.8) is 0 Å². The number of hydrogen-bond donors (Lipinski definition) is 2. The maximum atomic E-state index is 11.8. The van der Waals surface area contributed by atoms with Gasteiger partial charge in [0.1, 0.15) is 11.3 Å². The average molecular weight is 319 g/mol. The molecule has 2 rings (SSSR count). The van der Waals surface area contributed by atoms with E-state index in [0.29, 0.717) is 17.4 Å². The van der Waals surface area contributed by atoms with Crippen molar-refractivity contribution in [2.45, 2.75) is 45.6 Å². The normalized spacial score (nSPS) is 12.1. The second-order valence-electron chi connectivity index (χ2n) is 5.51. The molecule has 0 radical (unpaired) electrons. The lowest BCUT2D eigenvalue weighted by Gasteiger charge is -2.18. The molecular weight excluding hydrogens is 298 g/mol. The van der Waals surface area contributed by atoms with Crippen LogP contribution in [-0.4, -0.2) is 17.2 Å². The van der Waals surface area contributed by atoms with Gasteiger partial charge in [0.05, 0.1) is 11.5 Å². The number of hydroxylamine groups is 1. The van der Waals surface area contributed by atoms with Gasteiger partial charge in [0, 0.05) is 0 Å². The van der Waals surface area contributed by atoms with E-state index in [9.17, 15) is 9.59 Å². The van der Waals surface area contributed by atoms with Gasteiger partial charge in [-0.1, -0.05) is 31.4 Å². The lowest BCUT2D eigenvalue weighted by atomic mass is 10.1. The molecule has 2 aromatic rings. The van der Waals surface area contributed by atoms with E-state index in [1.807, 2.05) is 19.1 Å². The Bertz CT molecular complexity index is 737. The van der Waals surface area contributed by atoms with Gasteiger partial charge in [-0.3, -0.25) is 10.0 Å². The van der Waals surface area contributed by atoms with Crippen LogP contribution >= 0.6 is 0 Å². The molecule has 23 heavy (non-hydrogen) atoms. The Morgan fingerprint density at radius 2 is 2.13 bits per heavy atom. The van der Waals surface area contributed by atoms with Crippen molar-refractivity contribution in [2.24, 2.45) is 0 Å². The van der Waals surface area contributed by atoms with E-state index in [2.05, 4.69) is 6.92 Å². The number of aryl methyl sites for hydroxylation is 1. The standard InChI is InChI=1S/C17H21NO5/c1-3-4-5-6-14(17(20)18-21)22-15-10-16(19)23-13-8-7-11(2)9-12(13)15/h7-10,14,21H,3-6H2,1-2H3,(H,18,20). The maximum absolute atomic E-state index is 11.8. The molecular formula is C17H21NO5.